The van der Waals surface area contributed by atoms with Crippen molar-refractivity contribution < 1.29 is 13.9 Å². The Labute approximate surface area is 153 Å². The zero-order valence-corrected chi connectivity index (χ0v) is 14.7. The SMILES string of the molecule is O=C1CCCN1[C@@H](c1ccc(F)cc1)[C@H](OCC1CC1)c1cccnc1. The van der Waals surface area contributed by atoms with Gasteiger partial charge < -0.3 is 9.64 Å². The van der Waals surface area contributed by atoms with Crippen LogP contribution in [-0.2, 0) is 9.53 Å². The molecule has 1 saturated heterocycles. The van der Waals surface area contributed by atoms with Crippen molar-refractivity contribution in [2.45, 2.75) is 37.8 Å². The minimum absolute atomic E-state index is 0.128. The van der Waals surface area contributed by atoms with Crippen LogP contribution in [0.15, 0.2) is 48.8 Å². The van der Waals surface area contributed by atoms with E-state index < -0.39 is 0 Å². The van der Waals surface area contributed by atoms with Crippen molar-refractivity contribution in [2.75, 3.05) is 13.2 Å². The molecule has 2 atom stereocenters. The van der Waals surface area contributed by atoms with Crippen molar-refractivity contribution in [1.82, 2.24) is 9.88 Å². The quantitative estimate of drug-likeness (QED) is 0.753. The Bertz CT molecular complexity index is 746. The molecule has 26 heavy (non-hydrogen) atoms. The number of hydrogen-bond donors (Lipinski definition) is 0. The Hall–Kier alpha value is -2.27. The van der Waals surface area contributed by atoms with Crippen LogP contribution >= 0.6 is 0 Å². The van der Waals surface area contributed by atoms with E-state index in [2.05, 4.69) is 4.98 Å². The van der Waals surface area contributed by atoms with Gasteiger partial charge in [-0.2, -0.15) is 0 Å². The van der Waals surface area contributed by atoms with Gasteiger partial charge in [-0.05, 0) is 48.9 Å². The standard InChI is InChI=1S/C21H23FN2O2/c22-18-9-7-16(8-10-18)20(24-12-2-4-19(24)25)21(26-14-15-5-6-15)17-3-1-11-23-13-17/h1,3,7-11,13,15,20-21H,2,4-6,12,14H2/t20-,21+/m0/s1. The van der Waals surface area contributed by atoms with Gasteiger partial charge in [-0.15, -0.1) is 0 Å². The predicted molar refractivity (Wildman–Crippen MR) is 95.7 cm³/mol. The summed E-state index contributed by atoms with van der Waals surface area (Å²) in [6, 6.07) is 10.0. The first kappa shape index (κ1) is 17.2. The first-order chi connectivity index (χ1) is 12.7. The van der Waals surface area contributed by atoms with Gasteiger partial charge >= 0.3 is 0 Å². The Morgan fingerprint density at radius 2 is 2.00 bits per heavy atom. The second-order valence-electron chi connectivity index (χ2n) is 7.17. The largest absolute Gasteiger partial charge is 0.371 e. The van der Waals surface area contributed by atoms with Gasteiger partial charge in [-0.3, -0.25) is 9.78 Å². The monoisotopic (exact) mass is 354 g/mol. The minimum atomic E-state index is -0.309. The zero-order valence-electron chi connectivity index (χ0n) is 14.7. The summed E-state index contributed by atoms with van der Waals surface area (Å²) in [5.41, 5.74) is 1.84. The maximum atomic E-state index is 13.5. The van der Waals surface area contributed by atoms with Crippen LogP contribution in [0.1, 0.15) is 49.0 Å². The molecule has 0 radical (unpaired) electrons. The third kappa shape index (κ3) is 3.78. The molecule has 2 aliphatic rings. The molecule has 0 unspecified atom stereocenters. The number of carbonyl (C=O) groups excluding carboxylic acids is 1. The average molecular weight is 354 g/mol. The highest BCUT2D eigenvalue weighted by Crippen LogP contribution is 2.41. The number of carbonyl (C=O) groups is 1. The first-order valence-corrected chi connectivity index (χ1v) is 9.29. The Balaban J connectivity index is 1.71. The van der Waals surface area contributed by atoms with E-state index in [4.69, 9.17) is 4.74 Å². The number of aromatic nitrogens is 1. The predicted octanol–water partition coefficient (Wildman–Crippen LogP) is 4.05. The second kappa shape index (κ2) is 7.54. The lowest BCUT2D eigenvalue weighted by molar-refractivity contribution is -0.133. The summed E-state index contributed by atoms with van der Waals surface area (Å²) in [4.78, 5) is 18.7. The Morgan fingerprint density at radius 1 is 1.19 bits per heavy atom. The number of halogens is 1. The van der Waals surface area contributed by atoms with E-state index >= 15 is 0 Å². The molecule has 4 nitrogen and oxygen atoms in total. The van der Waals surface area contributed by atoms with Crippen LogP contribution in [0, 0.1) is 11.7 Å². The summed E-state index contributed by atoms with van der Waals surface area (Å²) in [5, 5.41) is 0. The number of benzene rings is 1. The van der Waals surface area contributed by atoms with E-state index in [0.29, 0.717) is 25.5 Å². The van der Waals surface area contributed by atoms with Gasteiger partial charge in [0.1, 0.15) is 11.9 Å². The van der Waals surface area contributed by atoms with Crippen LogP contribution in [0.4, 0.5) is 4.39 Å². The van der Waals surface area contributed by atoms with Crippen LogP contribution in [0.5, 0.6) is 0 Å². The number of ether oxygens (including phenoxy) is 1. The van der Waals surface area contributed by atoms with Gasteiger partial charge in [0.25, 0.3) is 0 Å². The number of nitrogens with zero attached hydrogens (tertiary/aromatic N) is 2. The van der Waals surface area contributed by atoms with Gasteiger partial charge in [0.2, 0.25) is 5.91 Å². The fraction of sp³-hybridized carbons (Fsp3) is 0.429. The molecule has 1 saturated carbocycles. The topological polar surface area (TPSA) is 42.4 Å². The fourth-order valence-electron chi connectivity index (χ4n) is 3.58. The number of hydrogen-bond acceptors (Lipinski definition) is 3. The molecule has 5 heteroatoms. The molecule has 2 fully saturated rings. The van der Waals surface area contributed by atoms with E-state index in [1.165, 1.54) is 25.0 Å². The summed E-state index contributed by atoms with van der Waals surface area (Å²) >= 11 is 0. The van der Waals surface area contributed by atoms with Crippen molar-refractivity contribution in [3.63, 3.8) is 0 Å². The molecule has 2 aromatic rings. The average Bonchev–Trinajstić information content (AvgIpc) is 3.40. The Kier molecular flexibility index (Phi) is 4.98. The summed E-state index contributed by atoms with van der Waals surface area (Å²) in [7, 11) is 0. The van der Waals surface area contributed by atoms with Crippen LogP contribution in [0.3, 0.4) is 0 Å². The van der Waals surface area contributed by atoms with Crippen LogP contribution in [-0.4, -0.2) is 28.9 Å². The van der Waals surface area contributed by atoms with Crippen molar-refractivity contribution >= 4 is 5.91 Å². The molecule has 1 aromatic heterocycles. The molecule has 1 aliphatic carbocycles. The lowest BCUT2D eigenvalue weighted by Crippen LogP contribution is -2.35. The van der Waals surface area contributed by atoms with E-state index in [-0.39, 0.29) is 23.9 Å². The van der Waals surface area contributed by atoms with E-state index in [0.717, 1.165) is 17.5 Å². The van der Waals surface area contributed by atoms with Gasteiger partial charge in [-0.25, -0.2) is 4.39 Å². The normalized spacial score (nSPS) is 19.6. The molecule has 4 rings (SSSR count). The zero-order chi connectivity index (χ0) is 17.9. The molecular weight excluding hydrogens is 331 g/mol. The smallest absolute Gasteiger partial charge is 0.223 e. The lowest BCUT2D eigenvalue weighted by Gasteiger charge is -2.35. The van der Waals surface area contributed by atoms with Gasteiger partial charge in [0.15, 0.2) is 0 Å². The number of amides is 1. The van der Waals surface area contributed by atoms with E-state index in [1.54, 1.807) is 24.5 Å². The summed E-state index contributed by atoms with van der Waals surface area (Å²) in [5.74, 6) is 0.456. The van der Waals surface area contributed by atoms with E-state index in [9.17, 15) is 9.18 Å². The summed E-state index contributed by atoms with van der Waals surface area (Å²) in [6.07, 6.45) is 7.02. The lowest BCUT2D eigenvalue weighted by atomic mass is 9.95. The maximum Gasteiger partial charge on any atom is 0.223 e. The highest BCUT2D eigenvalue weighted by molar-refractivity contribution is 5.78. The van der Waals surface area contributed by atoms with Crippen molar-refractivity contribution in [2.24, 2.45) is 5.92 Å². The third-order valence-electron chi connectivity index (χ3n) is 5.17. The highest BCUT2D eigenvalue weighted by Gasteiger charge is 2.37. The highest BCUT2D eigenvalue weighted by atomic mass is 19.1. The minimum Gasteiger partial charge on any atom is -0.371 e. The van der Waals surface area contributed by atoms with Crippen molar-refractivity contribution in [3.05, 3.63) is 65.7 Å². The van der Waals surface area contributed by atoms with Crippen LogP contribution in [0.25, 0.3) is 0 Å². The molecule has 0 N–H and O–H groups in total. The van der Waals surface area contributed by atoms with Crippen molar-refractivity contribution in [3.8, 4) is 0 Å². The molecule has 2 heterocycles. The van der Waals surface area contributed by atoms with Gasteiger partial charge in [-0.1, -0.05) is 18.2 Å². The molecule has 136 valence electrons. The number of likely N-dealkylation sites (tertiary alicyclic amines) is 1. The molecular formula is C21H23FN2O2. The molecule has 1 amide bonds. The Morgan fingerprint density at radius 3 is 2.62 bits per heavy atom. The molecule has 1 aromatic carbocycles. The third-order valence-corrected chi connectivity index (χ3v) is 5.17. The van der Waals surface area contributed by atoms with Gasteiger partial charge in [0, 0.05) is 30.9 Å². The van der Waals surface area contributed by atoms with Crippen LogP contribution in [0.2, 0.25) is 0 Å². The van der Waals surface area contributed by atoms with Crippen LogP contribution < -0.4 is 0 Å². The number of pyridine rings is 1. The fourth-order valence-corrected chi connectivity index (χ4v) is 3.58. The summed E-state index contributed by atoms with van der Waals surface area (Å²) < 4.78 is 19.8. The van der Waals surface area contributed by atoms with E-state index in [1.807, 2.05) is 17.0 Å². The maximum absolute atomic E-state index is 13.5. The first-order valence-electron chi connectivity index (χ1n) is 9.29. The van der Waals surface area contributed by atoms with Crippen molar-refractivity contribution in [1.29, 1.82) is 0 Å². The molecule has 0 bridgehead atoms. The van der Waals surface area contributed by atoms with Gasteiger partial charge in [0.05, 0.1) is 12.6 Å². The second-order valence-corrected chi connectivity index (χ2v) is 7.17. The number of rotatable bonds is 7. The summed E-state index contributed by atoms with van der Waals surface area (Å²) in [6.45, 7) is 1.38. The molecule has 1 aliphatic heterocycles. The molecule has 0 spiro atoms.